The fraction of sp³-hybridized carbons (Fsp3) is 0.389. The van der Waals surface area contributed by atoms with Gasteiger partial charge in [0.1, 0.15) is 12.3 Å². The van der Waals surface area contributed by atoms with Gasteiger partial charge in [-0.3, -0.25) is 4.79 Å². The second-order valence-electron chi connectivity index (χ2n) is 5.56. The molecule has 0 saturated heterocycles. The van der Waals surface area contributed by atoms with Crippen molar-refractivity contribution in [2.75, 3.05) is 13.7 Å². The number of nitrogens with one attached hydrogen (secondary N) is 2. The van der Waals surface area contributed by atoms with Crippen LogP contribution in [0.25, 0.3) is 0 Å². The third kappa shape index (κ3) is 5.08. The van der Waals surface area contributed by atoms with Crippen LogP contribution in [0.2, 0.25) is 0 Å². The van der Waals surface area contributed by atoms with E-state index in [0.717, 1.165) is 24.4 Å². The maximum Gasteiger partial charge on any atom is 0.278 e. The Morgan fingerprint density at radius 1 is 1.30 bits per heavy atom. The number of benzene rings is 1. The molecule has 2 rings (SSSR count). The summed E-state index contributed by atoms with van der Waals surface area (Å²) < 4.78 is 5.14. The van der Waals surface area contributed by atoms with E-state index in [1.54, 1.807) is 18.4 Å². The highest BCUT2D eigenvalue weighted by Crippen LogP contribution is 2.11. The molecular weight excluding hydrogens is 308 g/mol. The van der Waals surface area contributed by atoms with Crippen LogP contribution in [0, 0.1) is 0 Å². The van der Waals surface area contributed by atoms with Gasteiger partial charge in [0, 0.05) is 6.54 Å². The molecule has 0 bridgehead atoms. The number of methoxy groups -OCH3 is 1. The Kier molecular flexibility index (Phi) is 6.62. The topological polar surface area (TPSA) is 42.8 Å². The molecule has 0 fully saturated rings. The average molecular weight is 333 g/mol. The lowest BCUT2D eigenvalue weighted by Gasteiger charge is -2.23. The molecule has 1 aromatic heterocycles. The second-order valence-corrected chi connectivity index (χ2v) is 6.59. The summed E-state index contributed by atoms with van der Waals surface area (Å²) in [5.41, 5.74) is 1.07. The fourth-order valence-corrected chi connectivity index (χ4v) is 3.25. The molecule has 23 heavy (non-hydrogen) atoms. The minimum Gasteiger partial charge on any atom is -0.497 e. The number of rotatable bonds is 8. The molecule has 0 aliphatic carbocycles. The minimum absolute atomic E-state index is 0.0691. The Labute approximate surface area is 142 Å². The van der Waals surface area contributed by atoms with E-state index in [1.165, 1.54) is 9.78 Å². The van der Waals surface area contributed by atoms with Crippen LogP contribution in [-0.4, -0.2) is 25.6 Å². The molecule has 2 N–H and O–H groups in total. The summed E-state index contributed by atoms with van der Waals surface area (Å²) in [6.45, 7) is 6.48. The number of hydrogen-bond acceptors (Lipinski definition) is 3. The summed E-state index contributed by atoms with van der Waals surface area (Å²) in [7, 11) is 1.65. The van der Waals surface area contributed by atoms with Gasteiger partial charge in [0.2, 0.25) is 0 Å². The number of likely N-dealkylation sites (N-methyl/N-ethyl adjacent to an activating group) is 1. The van der Waals surface area contributed by atoms with E-state index in [-0.39, 0.29) is 11.9 Å². The number of quaternary nitrogens is 1. The average Bonchev–Trinajstić information content (AvgIpc) is 3.10. The van der Waals surface area contributed by atoms with Crippen LogP contribution in [0.3, 0.4) is 0 Å². The molecule has 1 heterocycles. The van der Waals surface area contributed by atoms with E-state index >= 15 is 0 Å². The number of hydrogen-bond donors (Lipinski definition) is 2. The highest BCUT2D eigenvalue weighted by Gasteiger charge is 2.23. The Morgan fingerprint density at radius 3 is 2.61 bits per heavy atom. The van der Waals surface area contributed by atoms with E-state index in [4.69, 9.17) is 4.74 Å². The molecule has 0 spiro atoms. The van der Waals surface area contributed by atoms with E-state index in [1.807, 2.05) is 31.2 Å². The van der Waals surface area contributed by atoms with Crippen LogP contribution in [0.15, 0.2) is 41.8 Å². The van der Waals surface area contributed by atoms with Gasteiger partial charge in [-0.05, 0) is 43.0 Å². The van der Waals surface area contributed by atoms with Crippen LogP contribution in [0.1, 0.15) is 24.3 Å². The lowest BCUT2D eigenvalue weighted by Crippen LogP contribution is -3.15. The maximum atomic E-state index is 12.4. The van der Waals surface area contributed by atoms with E-state index in [0.29, 0.717) is 6.54 Å². The van der Waals surface area contributed by atoms with Crippen LogP contribution in [0.4, 0.5) is 0 Å². The smallest absolute Gasteiger partial charge is 0.278 e. The highest BCUT2D eigenvalue weighted by atomic mass is 32.1. The van der Waals surface area contributed by atoms with Crippen molar-refractivity contribution in [3.05, 3.63) is 52.2 Å². The highest BCUT2D eigenvalue weighted by molar-refractivity contribution is 7.09. The van der Waals surface area contributed by atoms with Gasteiger partial charge in [0.15, 0.2) is 6.04 Å². The van der Waals surface area contributed by atoms with Gasteiger partial charge in [-0.2, -0.15) is 0 Å². The van der Waals surface area contributed by atoms with Crippen LogP contribution < -0.4 is 15.0 Å². The van der Waals surface area contributed by atoms with Gasteiger partial charge >= 0.3 is 0 Å². The molecule has 0 aliphatic heterocycles. The molecule has 1 aromatic carbocycles. The van der Waals surface area contributed by atoms with Gasteiger partial charge < -0.3 is 15.0 Å². The van der Waals surface area contributed by atoms with Gasteiger partial charge in [0.25, 0.3) is 5.91 Å². The minimum atomic E-state index is -0.0691. The summed E-state index contributed by atoms with van der Waals surface area (Å²) in [5, 5.41) is 5.11. The quantitative estimate of drug-likeness (QED) is 0.774. The lowest BCUT2D eigenvalue weighted by atomic mass is 10.2. The monoisotopic (exact) mass is 333 g/mol. The number of carbonyl (C=O) groups excluding carboxylic acids is 1. The first kappa shape index (κ1) is 17.5. The summed E-state index contributed by atoms with van der Waals surface area (Å²) >= 11 is 1.75. The van der Waals surface area contributed by atoms with E-state index < -0.39 is 0 Å². The van der Waals surface area contributed by atoms with Crippen molar-refractivity contribution in [1.29, 1.82) is 0 Å². The molecule has 0 aliphatic rings. The molecule has 2 atom stereocenters. The standard InChI is InChI=1S/C18H24N2O2S/c1-4-20(13-17-6-5-11-23-17)14(2)18(21)19-12-15-7-9-16(22-3)10-8-15/h5-11,14H,4,12-13H2,1-3H3,(H,19,21)/p+1/t14-/m0/s1. The first-order chi connectivity index (χ1) is 11.1. The van der Waals surface area contributed by atoms with Crippen molar-refractivity contribution in [3.63, 3.8) is 0 Å². The molecule has 2 aromatic rings. The fourth-order valence-electron chi connectivity index (χ4n) is 2.49. The van der Waals surface area contributed by atoms with Crippen molar-refractivity contribution in [1.82, 2.24) is 5.32 Å². The molecule has 4 nitrogen and oxygen atoms in total. The number of thiophene rings is 1. The molecule has 1 unspecified atom stereocenters. The van der Waals surface area contributed by atoms with Crippen LogP contribution in [-0.2, 0) is 17.9 Å². The predicted molar refractivity (Wildman–Crippen MR) is 93.8 cm³/mol. The zero-order valence-corrected chi connectivity index (χ0v) is 14.8. The Balaban J connectivity index is 1.87. The van der Waals surface area contributed by atoms with Crippen molar-refractivity contribution in [3.8, 4) is 5.75 Å². The third-order valence-electron chi connectivity index (χ3n) is 4.07. The summed E-state index contributed by atoms with van der Waals surface area (Å²) in [5.74, 6) is 0.917. The summed E-state index contributed by atoms with van der Waals surface area (Å²) in [4.78, 5) is 15.0. The SMILES string of the molecule is CC[NH+](Cc1cccs1)[C@@H](C)C(=O)NCc1ccc(OC)cc1. The Hall–Kier alpha value is -1.85. The first-order valence-corrected chi connectivity index (χ1v) is 8.79. The van der Waals surface area contributed by atoms with Crippen LogP contribution in [0.5, 0.6) is 5.75 Å². The van der Waals surface area contributed by atoms with Crippen molar-refractivity contribution in [2.24, 2.45) is 0 Å². The normalized spacial score (nSPS) is 13.3. The molecule has 5 heteroatoms. The van der Waals surface area contributed by atoms with Gasteiger partial charge in [-0.1, -0.05) is 18.2 Å². The molecule has 1 amide bonds. The molecule has 0 radical (unpaired) electrons. The first-order valence-electron chi connectivity index (χ1n) is 7.91. The molecule has 124 valence electrons. The van der Waals surface area contributed by atoms with E-state index in [9.17, 15) is 4.79 Å². The van der Waals surface area contributed by atoms with Crippen molar-refractivity contribution < 1.29 is 14.4 Å². The van der Waals surface area contributed by atoms with Gasteiger partial charge in [0.05, 0.1) is 18.5 Å². The maximum absolute atomic E-state index is 12.4. The molecular formula is C18H25N2O2S+. The summed E-state index contributed by atoms with van der Waals surface area (Å²) in [6.07, 6.45) is 0. The van der Waals surface area contributed by atoms with Crippen molar-refractivity contribution >= 4 is 17.2 Å². The zero-order valence-electron chi connectivity index (χ0n) is 14.0. The number of amides is 1. The Morgan fingerprint density at radius 2 is 2.04 bits per heavy atom. The van der Waals surface area contributed by atoms with Gasteiger partial charge in [-0.25, -0.2) is 0 Å². The third-order valence-corrected chi connectivity index (χ3v) is 4.94. The van der Waals surface area contributed by atoms with E-state index in [2.05, 4.69) is 29.8 Å². The Bertz CT molecular complexity index is 596. The van der Waals surface area contributed by atoms with Gasteiger partial charge in [-0.15, -0.1) is 11.3 Å². The molecule has 0 saturated carbocycles. The number of carbonyl (C=O) groups is 1. The summed E-state index contributed by atoms with van der Waals surface area (Å²) in [6, 6.07) is 11.9. The lowest BCUT2D eigenvalue weighted by molar-refractivity contribution is -0.925. The largest absolute Gasteiger partial charge is 0.497 e. The van der Waals surface area contributed by atoms with Crippen LogP contribution >= 0.6 is 11.3 Å². The number of ether oxygens (including phenoxy) is 1. The zero-order chi connectivity index (χ0) is 16.7. The second kappa shape index (κ2) is 8.70. The predicted octanol–water partition coefficient (Wildman–Crippen LogP) is 1.87. The van der Waals surface area contributed by atoms with Crippen molar-refractivity contribution in [2.45, 2.75) is 33.0 Å².